The van der Waals surface area contributed by atoms with Crippen LogP contribution in [0.1, 0.15) is 145 Å². The van der Waals surface area contributed by atoms with E-state index in [0.29, 0.717) is 30.1 Å². The molecule has 0 spiro atoms. The number of aliphatic hydroxyl groups excluding tert-OH is 3. The molecular weight excluding hydrogens is 946 g/mol. The second kappa shape index (κ2) is 33.3. The molecular formula is C45H85BrCl2F3N5O8. The van der Waals surface area contributed by atoms with Gasteiger partial charge in [-0.1, -0.05) is 42.6 Å². The zero-order valence-electron chi connectivity index (χ0n) is 38.9. The van der Waals surface area contributed by atoms with Crippen molar-refractivity contribution in [3.05, 3.63) is 0 Å². The van der Waals surface area contributed by atoms with Gasteiger partial charge >= 0.3 is 18.4 Å². The van der Waals surface area contributed by atoms with Gasteiger partial charge in [0.2, 0.25) is 6.29 Å². The summed E-state index contributed by atoms with van der Waals surface area (Å²) in [4.78, 5) is 41.2. The number of carbonyl (C=O) groups excluding carboxylic acids is 3. The Balaban J connectivity index is 0.000000821. The van der Waals surface area contributed by atoms with Gasteiger partial charge in [-0.15, -0.1) is 23.2 Å². The molecule has 2 saturated heterocycles. The topological polar surface area (TPSA) is 155 Å². The lowest BCUT2D eigenvalue weighted by Gasteiger charge is -2.38. The largest absolute Gasteiger partial charge is 0.446 e. The van der Waals surface area contributed by atoms with Crippen LogP contribution in [-0.4, -0.2) is 177 Å². The Morgan fingerprint density at radius 1 is 0.641 bits per heavy atom. The minimum absolute atomic E-state index is 0. The summed E-state index contributed by atoms with van der Waals surface area (Å²) in [6.45, 7) is 17.0. The van der Waals surface area contributed by atoms with E-state index < -0.39 is 18.1 Å². The van der Waals surface area contributed by atoms with E-state index in [-0.39, 0.29) is 43.8 Å². The van der Waals surface area contributed by atoms with Gasteiger partial charge in [0.05, 0.1) is 25.2 Å². The summed E-state index contributed by atoms with van der Waals surface area (Å²) in [6, 6.07) is 4.16. The number of aldehydes is 1. The Labute approximate surface area is 401 Å². The lowest BCUT2D eigenvalue weighted by molar-refractivity contribution is -0.156. The molecule has 2 heterocycles. The molecule has 0 bridgehead atoms. The monoisotopic (exact) mass is 1030 g/mol. The Morgan fingerprint density at radius 2 is 0.953 bits per heavy atom. The number of nitrogens with one attached hydrogen (secondary N) is 1. The van der Waals surface area contributed by atoms with Crippen molar-refractivity contribution in [2.24, 2.45) is 0 Å². The van der Waals surface area contributed by atoms with Crippen molar-refractivity contribution in [2.75, 3.05) is 69.8 Å². The van der Waals surface area contributed by atoms with E-state index in [4.69, 9.17) is 47.7 Å². The fourth-order valence-corrected chi connectivity index (χ4v) is 7.63. The molecule has 4 saturated carbocycles. The highest BCUT2D eigenvalue weighted by Gasteiger charge is 2.37. The molecule has 2 aliphatic heterocycles. The number of rotatable bonds is 11. The number of carbonyl (C=O) groups is 3. The zero-order valence-corrected chi connectivity index (χ0v) is 42.0. The Bertz CT molecular complexity index is 1220. The molecule has 4 N–H and O–H groups in total. The van der Waals surface area contributed by atoms with Crippen LogP contribution in [0.5, 0.6) is 0 Å². The fraction of sp³-hybridized carbons (Fsp3) is 0.933. The second-order valence-corrected chi connectivity index (χ2v) is 20.3. The number of piperidine rings is 2. The van der Waals surface area contributed by atoms with Gasteiger partial charge in [-0.25, -0.2) is 9.59 Å². The molecule has 0 unspecified atom stereocenters. The molecule has 380 valence electrons. The maximum atomic E-state index is 12.0. The second-order valence-electron chi connectivity index (χ2n) is 18.7. The van der Waals surface area contributed by atoms with Crippen LogP contribution in [0.3, 0.4) is 0 Å². The van der Waals surface area contributed by atoms with Crippen LogP contribution in [-0.2, 0) is 14.3 Å². The van der Waals surface area contributed by atoms with Gasteiger partial charge in [0.15, 0.2) is 0 Å². The molecule has 0 aromatic heterocycles. The molecule has 6 rings (SSSR count). The first-order valence-electron chi connectivity index (χ1n) is 22.9. The van der Waals surface area contributed by atoms with Crippen molar-refractivity contribution in [2.45, 2.75) is 199 Å². The first kappa shape index (κ1) is 62.8. The van der Waals surface area contributed by atoms with Gasteiger partial charge in [0, 0.05) is 80.8 Å². The highest BCUT2D eigenvalue weighted by Crippen LogP contribution is 2.34. The standard InChI is InChI=1S/C15H28N2O3.C13H24N2O2.C11H21NO.C2H5BrO.C2HF3O.CH2Cl2.CH4/c1-15(2,3)20-14(19)16-8-6-13(7-9-16)17(10-11-18)12-4-5-12;1-13(2,3)17-12(16)15-8-6-11(7-9-15)14-10-4-5-10;13-9-8-12(11-6-7-11)10-4-2-1-3-5-10;3-1-2-4;3-2(4,5)1-6;2-1-3;/h12-13,18H,4-11H2,1-3H3;10-11,14H,4-9H2,1-3H3;10-11,13H,1-9H2;4H,1-2H2;1H;1H2;1H4. The molecule has 4 aliphatic carbocycles. The number of hydrogen-bond acceptors (Lipinski definition) is 11. The average Bonchev–Trinajstić information content (AvgIpc) is 4.06. The van der Waals surface area contributed by atoms with E-state index in [1.54, 1.807) is 0 Å². The van der Waals surface area contributed by atoms with Crippen molar-refractivity contribution in [1.29, 1.82) is 0 Å². The number of likely N-dealkylation sites (tertiary alicyclic amines) is 2. The third-order valence-electron chi connectivity index (χ3n) is 10.8. The molecule has 0 aromatic carbocycles. The quantitative estimate of drug-likeness (QED) is 0.116. The number of halogens is 6. The lowest BCUT2D eigenvalue weighted by Crippen LogP contribution is -2.49. The average molecular weight is 1030 g/mol. The van der Waals surface area contributed by atoms with Crippen LogP contribution in [0, 0.1) is 0 Å². The summed E-state index contributed by atoms with van der Waals surface area (Å²) in [6.07, 6.45) is 12.9. The first-order chi connectivity index (χ1) is 29.6. The van der Waals surface area contributed by atoms with Gasteiger partial charge < -0.3 is 39.9 Å². The highest BCUT2D eigenvalue weighted by atomic mass is 79.9. The number of alkyl halides is 6. The molecule has 13 nitrogen and oxygen atoms in total. The van der Waals surface area contributed by atoms with E-state index in [9.17, 15) is 27.9 Å². The number of ether oxygens (including phenoxy) is 2. The van der Waals surface area contributed by atoms with Crippen molar-refractivity contribution in [1.82, 2.24) is 24.9 Å². The molecule has 0 radical (unpaired) electrons. The van der Waals surface area contributed by atoms with Gasteiger partial charge in [0.25, 0.3) is 0 Å². The third kappa shape index (κ3) is 31.0. The number of nitrogens with zero attached hydrogens (tertiary/aromatic N) is 4. The predicted octanol–water partition coefficient (Wildman–Crippen LogP) is 8.94. The molecule has 2 amide bonds. The summed E-state index contributed by atoms with van der Waals surface area (Å²) < 4.78 is 42.0. The maximum Gasteiger partial charge on any atom is 0.446 e. The van der Waals surface area contributed by atoms with Crippen LogP contribution in [0.4, 0.5) is 22.8 Å². The van der Waals surface area contributed by atoms with Crippen LogP contribution >= 0.6 is 39.1 Å². The molecule has 6 fully saturated rings. The minimum Gasteiger partial charge on any atom is -0.444 e. The predicted molar refractivity (Wildman–Crippen MR) is 255 cm³/mol. The summed E-state index contributed by atoms with van der Waals surface area (Å²) >= 11 is 12.5. The zero-order chi connectivity index (χ0) is 47.6. The third-order valence-corrected chi connectivity index (χ3v) is 11.1. The number of aliphatic hydroxyl groups is 3. The maximum absolute atomic E-state index is 12.0. The van der Waals surface area contributed by atoms with Gasteiger partial charge in [-0.05, 0) is 119 Å². The smallest absolute Gasteiger partial charge is 0.444 e. The molecule has 0 aromatic rings. The van der Waals surface area contributed by atoms with E-state index in [1.807, 2.05) is 51.3 Å². The number of amides is 2. The van der Waals surface area contributed by atoms with Crippen molar-refractivity contribution < 1.29 is 52.3 Å². The molecule has 0 atom stereocenters. The first-order valence-corrected chi connectivity index (χ1v) is 25.1. The molecule has 6 aliphatic rings. The normalized spacial score (nSPS) is 19.6. The SMILES string of the molecule is C.CC(C)(C)OC(=O)N1CCC(N(CCO)C2CC2)CC1.CC(C)(C)OC(=O)N1CCC(NC2CC2)CC1.ClCCl.O=CC(F)(F)F.OCCBr.OCCN(C1CCCCC1)C1CC1. The molecule has 19 heteroatoms. The van der Waals surface area contributed by atoms with E-state index in [2.05, 4.69) is 31.0 Å². The lowest BCUT2D eigenvalue weighted by atomic mass is 9.94. The molecule has 64 heavy (non-hydrogen) atoms. The van der Waals surface area contributed by atoms with E-state index in [0.717, 1.165) is 83.1 Å². The number of hydrogen-bond donors (Lipinski definition) is 4. The van der Waals surface area contributed by atoms with Crippen molar-refractivity contribution in [3.63, 3.8) is 0 Å². The highest BCUT2D eigenvalue weighted by molar-refractivity contribution is 9.09. The Kier molecular flexibility index (Phi) is 32.7. The summed E-state index contributed by atoms with van der Waals surface area (Å²) in [5.74, 6) is 0. The van der Waals surface area contributed by atoms with E-state index >= 15 is 0 Å². The Hall–Kier alpha value is -1.18. The minimum atomic E-state index is -4.64. The summed E-state index contributed by atoms with van der Waals surface area (Å²) in [7, 11) is 0. The van der Waals surface area contributed by atoms with E-state index in [1.165, 1.54) is 70.6 Å². The van der Waals surface area contributed by atoms with Crippen LogP contribution < -0.4 is 5.32 Å². The van der Waals surface area contributed by atoms with Crippen LogP contribution in [0.15, 0.2) is 0 Å². The summed E-state index contributed by atoms with van der Waals surface area (Å²) in [5.41, 5.74) is -0.814. The van der Waals surface area contributed by atoms with Gasteiger partial charge in [0.1, 0.15) is 11.2 Å². The summed E-state index contributed by atoms with van der Waals surface area (Å²) in [5, 5.41) is 30.5. The van der Waals surface area contributed by atoms with Crippen LogP contribution in [0.2, 0.25) is 0 Å². The van der Waals surface area contributed by atoms with Crippen LogP contribution in [0.25, 0.3) is 0 Å². The fourth-order valence-electron chi connectivity index (χ4n) is 7.63. The van der Waals surface area contributed by atoms with Gasteiger partial charge in [-0.3, -0.25) is 14.6 Å². The van der Waals surface area contributed by atoms with Crippen molar-refractivity contribution in [3.8, 4) is 0 Å². The van der Waals surface area contributed by atoms with Gasteiger partial charge in [-0.2, -0.15) is 13.2 Å². The Morgan fingerprint density at radius 3 is 1.23 bits per heavy atom. The van der Waals surface area contributed by atoms with Crippen molar-refractivity contribution >= 4 is 57.6 Å².